The van der Waals surface area contributed by atoms with Gasteiger partial charge in [-0.1, -0.05) is 185 Å². The zero-order valence-corrected chi connectivity index (χ0v) is 33.2. The van der Waals surface area contributed by atoms with Crippen molar-refractivity contribution in [2.45, 2.75) is 225 Å². The van der Waals surface area contributed by atoms with Crippen LogP contribution in [0.25, 0.3) is 0 Å². The van der Waals surface area contributed by atoms with Gasteiger partial charge in [-0.05, 0) is 57.8 Å². The summed E-state index contributed by atoms with van der Waals surface area (Å²) >= 11 is 0. The molecule has 5 nitrogen and oxygen atoms in total. The number of esters is 2. The fourth-order valence-electron chi connectivity index (χ4n) is 6.13. The molecule has 5 heteroatoms. The number of carbonyl (C=O) groups is 2. The first kappa shape index (κ1) is 48.1. The summed E-state index contributed by atoms with van der Waals surface area (Å²) < 4.78 is 10.6. The minimum Gasteiger partial charge on any atom is -0.462 e. The van der Waals surface area contributed by atoms with Crippen LogP contribution in [0, 0.1) is 0 Å². The molecule has 0 aliphatic heterocycles. The van der Waals surface area contributed by atoms with E-state index in [4.69, 9.17) is 9.47 Å². The van der Waals surface area contributed by atoms with Gasteiger partial charge >= 0.3 is 11.9 Å². The van der Waals surface area contributed by atoms with Crippen LogP contribution in [-0.2, 0) is 19.1 Å². The lowest BCUT2D eigenvalue weighted by molar-refractivity contribution is -0.161. The van der Waals surface area contributed by atoms with Gasteiger partial charge in [0.15, 0.2) is 6.10 Å². The maximum absolute atomic E-state index is 12.2. The molecular formula is C45H82O5. The Morgan fingerprint density at radius 3 is 1.28 bits per heavy atom. The highest BCUT2D eigenvalue weighted by Gasteiger charge is 2.15. The Bertz CT molecular complexity index is 801. The van der Waals surface area contributed by atoms with Gasteiger partial charge in [-0.15, -0.1) is 0 Å². The molecule has 0 saturated carbocycles. The summed E-state index contributed by atoms with van der Waals surface area (Å²) in [6.45, 7) is 4.08. The molecule has 0 rings (SSSR count). The predicted molar refractivity (Wildman–Crippen MR) is 214 cm³/mol. The quantitative estimate of drug-likeness (QED) is 0.0392. The molecule has 0 amide bonds. The predicted octanol–water partition coefficient (Wildman–Crippen LogP) is 13.6. The van der Waals surface area contributed by atoms with Crippen molar-refractivity contribution in [2.24, 2.45) is 0 Å². The number of hydrogen-bond acceptors (Lipinski definition) is 5. The minimum atomic E-state index is -0.794. The van der Waals surface area contributed by atoms with Crippen molar-refractivity contribution < 1.29 is 24.2 Å². The van der Waals surface area contributed by atoms with Crippen LogP contribution in [-0.4, -0.2) is 36.4 Å². The Labute approximate surface area is 310 Å². The van der Waals surface area contributed by atoms with Crippen molar-refractivity contribution in [1.29, 1.82) is 0 Å². The van der Waals surface area contributed by atoms with E-state index < -0.39 is 6.10 Å². The topological polar surface area (TPSA) is 72.8 Å². The van der Waals surface area contributed by atoms with Crippen molar-refractivity contribution in [1.82, 2.24) is 0 Å². The molecule has 292 valence electrons. The Morgan fingerprint density at radius 2 is 0.840 bits per heavy atom. The van der Waals surface area contributed by atoms with E-state index in [2.05, 4.69) is 44.2 Å². The zero-order valence-electron chi connectivity index (χ0n) is 33.2. The Morgan fingerprint density at radius 1 is 0.460 bits per heavy atom. The van der Waals surface area contributed by atoms with Crippen LogP contribution in [0.1, 0.15) is 219 Å². The molecule has 1 atom stereocenters. The molecule has 0 aromatic carbocycles. The lowest BCUT2D eigenvalue weighted by atomic mass is 10.0. The Kier molecular flexibility index (Phi) is 40.0. The van der Waals surface area contributed by atoms with Crippen molar-refractivity contribution >= 4 is 11.9 Å². The second-order valence-electron chi connectivity index (χ2n) is 14.4. The lowest BCUT2D eigenvalue weighted by Gasteiger charge is -2.15. The lowest BCUT2D eigenvalue weighted by Crippen LogP contribution is -2.28. The number of rotatable bonds is 39. The van der Waals surface area contributed by atoms with Crippen LogP contribution in [0.4, 0.5) is 0 Å². The maximum Gasteiger partial charge on any atom is 0.306 e. The molecule has 0 aliphatic rings. The highest BCUT2D eigenvalue weighted by Crippen LogP contribution is 2.14. The van der Waals surface area contributed by atoms with Gasteiger partial charge in [-0.3, -0.25) is 9.59 Å². The largest absolute Gasteiger partial charge is 0.462 e. The third kappa shape index (κ3) is 38.9. The number of aliphatic hydroxyl groups is 1. The van der Waals surface area contributed by atoms with E-state index >= 15 is 0 Å². The fourth-order valence-corrected chi connectivity index (χ4v) is 6.13. The van der Waals surface area contributed by atoms with Gasteiger partial charge in [0.05, 0.1) is 6.61 Å². The average molecular weight is 703 g/mol. The van der Waals surface area contributed by atoms with E-state index in [9.17, 15) is 14.7 Å². The first-order chi connectivity index (χ1) is 24.6. The molecule has 0 radical (unpaired) electrons. The molecule has 1 unspecified atom stereocenters. The van der Waals surface area contributed by atoms with E-state index in [0.29, 0.717) is 12.8 Å². The van der Waals surface area contributed by atoms with E-state index in [1.807, 2.05) is 6.08 Å². The van der Waals surface area contributed by atoms with Crippen molar-refractivity contribution in [3.05, 3.63) is 36.5 Å². The van der Waals surface area contributed by atoms with Gasteiger partial charge < -0.3 is 14.6 Å². The normalized spacial score (nSPS) is 12.5. The first-order valence-corrected chi connectivity index (χ1v) is 21.5. The van der Waals surface area contributed by atoms with Crippen LogP contribution < -0.4 is 0 Å². The Hall–Kier alpha value is -1.88. The van der Waals surface area contributed by atoms with Crippen molar-refractivity contribution in [3.8, 4) is 0 Å². The van der Waals surface area contributed by atoms with E-state index in [1.165, 1.54) is 154 Å². The van der Waals surface area contributed by atoms with E-state index in [0.717, 1.165) is 32.1 Å². The molecule has 0 aliphatic carbocycles. The molecule has 0 aromatic heterocycles. The van der Waals surface area contributed by atoms with Gasteiger partial charge in [-0.25, -0.2) is 0 Å². The summed E-state index contributed by atoms with van der Waals surface area (Å²) in [7, 11) is 0. The van der Waals surface area contributed by atoms with Gasteiger partial charge in [0.1, 0.15) is 6.61 Å². The summed E-state index contributed by atoms with van der Waals surface area (Å²) in [5.41, 5.74) is 0. The molecule has 0 saturated heterocycles. The summed E-state index contributed by atoms with van der Waals surface area (Å²) in [6, 6.07) is 0. The smallest absolute Gasteiger partial charge is 0.306 e. The van der Waals surface area contributed by atoms with E-state index in [-0.39, 0.29) is 31.6 Å². The van der Waals surface area contributed by atoms with Crippen LogP contribution in [0.15, 0.2) is 36.5 Å². The number of unbranched alkanes of at least 4 members (excludes halogenated alkanes) is 25. The van der Waals surface area contributed by atoms with Gasteiger partial charge in [0, 0.05) is 12.8 Å². The summed E-state index contributed by atoms with van der Waals surface area (Å²) in [6.07, 6.45) is 50.9. The maximum atomic E-state index is 12.2. The van der Waals surface area contributed by atoms with Crippen LogP contribution in [0.5, 0.6) is 0 Å². The van der Waals surface area contributed by atoms with Gasteiger partial charge in [-0.2, -0.15) is 0 Å². The molecule has 50 heavy (non-hydrogen) atoms. The number of carbonyl (C=O) groups excluding carboxylic acids is 2. The summed E-state index contributed by atoms with van der Waals surface area (Å²) in [5, 5.41) is 9.55. The second-order valence-corrected chi connectivity index (χ2v) is 14.4. The molecule has 1 N–H and O–H groups in total. The van der Waals surface area contributed by atoms with Crippen molar-refractivity contribution in [2.75, 3.05) is 13.2 Å². The summed E-state index contributed by atoms with van der Waals surface area (Å²) in [5.74, 6) is -0.670. The highest BCUT2D eigenvalue weighted by atomic mass is 16.6. The zero-order chi connectivity index (χ0) is 36.4. The van der Waals surface area contributed by atoms with Crippen molar-refractivity contribution in [3.63, 3.8) is 0 Å². The van der Waals surface area contributed by atoms with Crippen LogP contribution in [0.3, 0.4) is 0 Å². The summed E-state index contributed by atoms with van der Waals surface area (Å²) in [4.78, 5) is 24.2. The van der Waals surface area contributed by atoms with Gasteiger partial charge in [0.25, 0.3) is 0 Å². The van der Waals surface area contributed by atoms with Gasteiger partial charge in [0.2, 0.25) is 0 Å². The monoisotopic (exact) mass is 703 g/mol. The Balaban J connectivity index is 3.55. The molecule has 0 aromatic rings. The minimum absolute atomic E-state index is 0.0967. The second kappa shape index (κ2) is 41.5. The van der Waals surface area contributed by atoms with Crippen LogP contribution in [0.2, 0.25) is 0 Å². The standard InChI is InChI=1S/C45H82O5/c1-3-5-7-9-11-13-15-17-18-19-20-21-22-23-24-25-26-28-30-32-34-36-38-40-45(48)50-43(41-46)42-49-44(47)39-37-35-33-31-29-27-16-14-12-10-8-6-4-2/h23-24,27,29,33,35,43,46H,3-22,25-26,28,30-32,34,36-42H2,1-2H3/b24-23+,29-27+,35-33+. The van der Waals surface area contributed by atoms with Crippen LogP contribution >= 0.6 is 0 Å². The molecule has 0 spiro atoms. The number of allylic oxidation sites excluding steroid dienone is 6. The number of hydrogen-bond donors (Lipinski definition) is 1. The molecule has 0 bridgehead atoms. The van der Waals surface area contributed by atoms with E-state index in [1.54, 1.807) is 0 Å². The third-order valence-electron chi connectivity index (χ3n) is 9.42. The first-order valence-electron chi connectivity index (χ1n) is 21.5. The molecule has 0 heterocycles. The average Bonchev–Trinajstić information content (AvgIpc) is 3.12. The SMILES string of the molecule is CCCCCCCC/C=C/C/C=C/CCC(=O)OCC(CO)OC(=O)CCCCCCCCC/C=C/CCCCCCCCCCCCCC. The number of ether oxygens (including phenoxy) is 2. The molecule has 0 fully saturated rings. The molecular weight excluding hydrogens is 620 g/mol. The highest BCUT2D eigenvalue weighted by molar-refractivity contribution is 5.70. The fraction of sp³-hybridized carbons (Fsp3) is 0.822. The number of aliphatic hydroxyl groups excluding tert-OH is 1. The third-order valence-corrected chi connectivity index (χ3v) is 9.42.